The summed E-state index contributed by atoms with van der Waals surface area (Å²) in [7, 11) is 0. The highest BCUT2D eigenvalue weighted by Crippen LogP contribution is 2.03. The van der Waals surface area contributed by atoms with Crippen LogP contribution in [0.1, 0.15) is 6.92 Å². The predicted molar refractivity (Wildman–Crippen MR) is 80.1 cm³/mol. The first-order chi connectivity index (χ1) is 10.1. The molecule has 6 heteroatoms. The van der Waals surface area contributed by atoms with Crippen molar-refractivity contribution >= 4 is 17.7 Å². The van der Waals surface area contributed by atoms with Gasteiger partial charge in [0, 0.05) is 17.8 Å². The number of nitrogens with one attached hydrogen (secondary N) is 2. The Bertz CT molecular complexity index is 474. The lowest BCUT2D eigenvalue weighted by molar-refractivity contribution is -0.140. The van der Waals surface area contributed by atoms with E-state index in [1.165, 1.54) is 0 Å². The molecule has 0 aliphatic heterocycles. The summed E-state index contributed by atoms with van der Waals surface area (Å²) in [5, 5.41) is 5.34. The van der Waals surface area contributed by atoms with Crippen molar-refractivity contribution in [3.05, 3.63) is 42.5 Å². The molecule has 114 valence electrons. The largest absolute Gasteiger partial charge is 0.460 e. The summed E-state index contributed by atoms with van der Waals surface area (Å²) in [4.78, 5) is 22.6. The molecule has 0 radical (unpaired) electrons. The minimum atomic E-state index is -0.432. The molecule has 0 atom stereocenters. The maximum Gasteiger partial charge on any atom is 0.333 e. The Hall–Kier alpha value is -2.34. The van der Waals surface area contributed by atoms with E-state index in [0.717, 1.165) is 5.69 Å². The predicted octanol–water partition coefficient (Wildman–Crippen LogP) is 1.94. The van der Waals surface area contributed by atoms with Crippen molar-refractivity contribution in [2.24, 2.45) is 0 Å². The van der Waals surface area contributed by atoms with E-state index in [2.05, 4.69) is 17.2 Å². The Morgan fingerprint density at radius 1 is 1.14 bits per heavy atom. The van der Waals surface area contributed by atoms with Crippen molar-refractivity contribution in [3.63, 3.8) is 0 Å². The lowest BCUT2D eigenvalue weighted by atomic mass is 10.3. The molecule has 21 heavy (non-hydrogen) atoms. The van der Waals surface area contributed by atoms with Gasteiger partial charge in [0.05, 0.1) is 13.2 Å². The van der Waals surface area contributed by atoms with Crippen molar-refractivity contribution in [1.82, 2.24) is 5.32 Å². The molecule has 1 aromatic carbocycles. The number of hydrogen-bond donors (Lipinski definition) is 2. The van der Waals surface area contributed by atoms with Crippen LogP contribution in [0.25, 0.3) is 0 Å². The molecule has 1 rings (SSSR count). The number of rotatable bonds is 8. The summed E-state index contributed by atoms with van der Waals surface area (Å²) >= 11 is 0. The summed E-state index contributed by atoms with van der Waals surface area (Å²) in [6.45, 7) is 6.20. The maximum atomic E-state index is 11.5. The molecule has 0 heterocycles. The molecule has 2 N–H and O–H groups in total. The van der Waals surface area contributed by atoms with Gasteiger partial charge < -0.3 is 20.1 Å². The van der Waals surface area contributed by atoms with Crippen LogP contribution in [0.3, 0.4) is 0 Å². The first-order valence-corrected chi connectivity index (χ1v) is 6.60. The molecule has 0 unspecified atom stereocenters. The lowest BCUT2D eigenvalue weighted by Crippen LogP contribution is -2.31. The van der Waals surface area contributed by atoms with Crippen LogP contribution in [-0.4, -0.2) is 38.4 Å². The topological polar surface area (TPSA) is 76.7 Å². The van der Waals surface area contributed by atoms with E-state index in [1.807, 2.05) is 18.2 Å². The van der Waals surface area contributed by atoms with E-state index in [9.17, 15) is 9.59 Å². The van der Waals surface area contributed by atoms with Gasteiger partial charge >= 0.3 is 12.0 Å². The van der Waals surface area contributed by atoms with E-state index in [-0.39, 0.29) is 19.2 Å². The van der Waals surface area contributed by atoms with Crippen molar-refractivity contribution in [2.45, 2.75) is 6.92 Å². The second kappa shape index (κ2) is 9.55. The first kappa shape index (κ1) is 16.7. The van der Waals surface area contributed by atoms with Crippen LogP contribution >= 0.6 is 0 Å². The number of hydrogen-bond acceptors (Lipinski definition) is 4. The van der Waals surface area contributed by atoms with Gasteiger partial charge in [-0.25, -0.2) is 9.59 Å². The van der Waals surface area contributed by atoms with Crippen LogP contribution in [0.15, 0.2) is 42.5 Å². The van der Waals surface area contributed by atoms with Gasteiger partial charge in [-0.3, -0.25) is 0 Å². The minimum absolute atomic E-state index is 0.169. The highest BCUT2D eigenvalue weighted by Gasteiger charge is 2.02. The molecule has 0 spiro atoms. The number of esters is 1. The highest BCUT2D eigenvalue weighted by molar-refractivity contribution is 5.89. The Kier molecular flexibility index (Phi) is 7.60. The molecule has 0 saturated carbocycles. The Morgan fingerprint density at radius 3 is 2.52 bits per heavy atom. The fourth-order valence-electron chi connectivity index (χ4n) is 1.35. The van der Waals surface area contributed by atoms with E-state index < -0.39 is 5.97 Å². The molecular formula is C15H20N2O4. The van der Waals surface area contributed by atoms with Crippen LogP contribution in [0, 0.1) is 0 Å². The maximum absolute atomic E-state index is 11.5. The molecule has 2 amide bonds. The molecule has 1 aromatic rings. The van der Waals surface area contributed by atoms with Gasteiger partial charge in [-0.05, 0) is 19.1 Å². The van der Waals surface area contributed by atoms with Gasteiger partial charge in [-0.2, -0.15) is 0 Å². The smallest absolute Gasteiger partial charge is 0.333 e. The molecular weight excluding hydrogens is 272 g/mol. The monoisotopic (exact) mass is 292 g/mol. The summed E-state index contributed by atoms with van der Waals surface area (Å²) < 4.78 is 10.1. The summed E-state index contributed by atoms with van der Waals surface area (Å²) in [6.07, 6.45) is 0. The first-order valence-electron chi connectivity index (χ1n) is 6.60. The third kappa shape index (κ3) is 7.74. The minimum Gasteiger partial charge on any atom is -0.460 e. The molecule has 0 bridgehead atoms. The third-order valence-corrected chi connectivity index (χ3v) is 2.37. The second-order valence-corrected chi connectivity index (χ2v) is 4.28. The lowest BCUT2D eigenvalue weighted by Gasteiger charge is -2.08. The molecule has 0 aromatic heterocycles. The standard InChI is InChI=1S/C15H20N2O4/c1-12(2)14(18)21-11-10-20-9-8-16-15(19)17-13-6-4-3-5-7-13/h3-7H,1,8-11H2,2H3,(H2,16,17,19). The molecule has 0 aliphatic carbocycles. The van der Waals surface area contributed by atoms with Gasteiger partial charge in [-0.1, -0.05) is 24.8 Å². The summed E-state index contributed by atoms with van der Waals surface area (Å²) in [6, 6.07) is 8.85. The Balaban J connectivity index is 2.00. The molecule has 0 fully saturated rings. The number of para-hydroxylation sites is 1. The van der Waals surface area contributed by atoms with Gasteiger partial charge in [0.15, 0.2) is 0 Å². The third-order valence-electron chi connectivity index (χ3n) is 2.37. The van der Waals surface area contributed by atoms with Crippen LogP contribution in [0.2, 0.25) is 0 Å². The average Bonchev–Trinajstić information content (AvgIpc) is 2.46. The number of benzene rings is 1. The van der Waals surface area contributed by atoms with Crippen molar-refractivity contribution < 1.29 is 19.1 Å². The highest BCUT2D eigenvalue weighted by atomic mass is 16.6. The number of carbonyl (C=O) groups excluding carboxylic acids is 2. The van der Waals surface area contributed by atoms with E-state index in [4.69, 9.17) is 9.47 Å². The fourth-order valence-corrected chi connectivity index (χ4v) is 1.35. The normalized spacial score (nSPS) is 9.76. The van der Waals surface area contributed by atoms with Crippen LogP contribution < -0.4 is 10.6 Å². The summed E-state index contributed by atoms with van der Waals surface area (Å²) in [5.41, 5.74) is 1.08. The zero-order valence-corrected chi connectivity index (χ0v) is 12.1. The zero-order chi connectivity index (χ0) is 15.5. The van der Waals surface area contributed by atoms with Crippen LogP contribution in [0.5, 0.6) is 0 Å². The zero-order valence-electron chi connectivity index (χ0n) is 12.1. The van der Waals surface area contributed by atoms with Gasteiger partial charge in [0.25, 0.3) is 0 Å². The van der Waals surface area contributed by atoms with Crippen molar-refractivity contribution in [2.75, 3.05) is 31.7 Å². The second-order valence-electron chi connectivity index (χ2n) is 4.28. The van der Waals surface area contributed by atoms with E-state index in [1.54, 1.807) is 19.1 Å². The van der Waals surface area contributed by atoms with E-state index >= 15 is 0 Å². The van der Waals surface area contributed by atoms with Crippen LogP contribution in [0.4, 0.5) is 10.5 Å². The number of ether oxygens (including phenoxy) is 2. The van der Waals surface area contributed by atoms with Gasteiger partial charge in [0.1, 0.15) is 6.61 Å². The van der Waals surface area contributed by atoms with Crippen molar-refractivity contribution in [1.29, 1.82) is 0 Å². The molecule has 0 aliphatic rings. The van der Waals surface area contributed by atoms with E-state index in [0.29, 0.717) is 18.7 Å². The number of carbonyl (C=O) groups is 2. The van der Waals surface area contributed by atoms with Crippen LogP contribution in [-0.2, 0) is 14.3 Å². The average molecular weight is 292 g/mol. The van der Waals surface area contributed by atoms with Gasteiger partial charge in [0.2, 0.25) is 0 Å². The molecule has 0 saturated heterocycles. The number of amides is 2. The van der Waals surface area contributed by atoms with Crippen molar-refractivity contribution in [3.8, 4) is 0 Å². The SMILES string of the molecule is C=C(C)C(=O)OCCOCCNC(=O)Nc1ccccc1. The number of urea groups is 1. The van der Waals surface area contributed by atoms with Gasteiger partial charge in [-0.15, -0.1) is 0 Å². The Labute approximate surface area is 124 Å². The fraction of sp³-hybridized carbons (Fsp3) is 0.333. The Morgan fingerprint density at radius 2 is 1.86 bits per heavy atom. The quantitative estimate of drug-likeness (QED) is 0.436. The number of anilines is 1. The summed E-state index contributed by atoms with van der Waals surface area (Å²) in [5.74, 6) is -0.432. The molecule has 6 nitrogen and oxygen atoms in total.